The number of aliphatic hydroxyl groups excluding tert-OH is 1. The molecular weight excluding hydrogens is 116 g/mol. The molecule has 0 aliphatic heterocycles. The smallest absolute Gasteiger partial charge is 0.134 e. The van der Waals surface area contributed by atoms with Crippen molar-refractivity contribution >= 4 is 0 Å². The van der Waals surface area contributed by atoms with Gasteiger partial charge in [-0.05, 0) is 25.5 Å². The van der Waals surface area contributed by atoms with E-state index >= 15 is 0 Å². The molecule has 0 aliphatic rings. The van der Waals surface area contributed by atoms with Gasteiger partial charge >= 0.3 is 0 Å². The van der Waals surface area contributed by atoms with Crippen molar-refractivity contribution < 1.29 is 9.52 Å². The molecule has 0 amide bonds. The Morgan fingerprint density at radius 3 is 2.56 bits per heavy atom. The highest BCUT2D eigenvalue weighted by Crippen LogP contribution is 2.16. The molecule has 0 spiro atoms. The molecular formula is C7H10O2. The van der Waals surface area contributed by atoms with E-state index in [0.29, 0.717) is 5.76 Å². The number of furan rings is 1. The predicted octanol–water partition coefficient (Wildman–Crippen LogP) is 1.64. The fourth-order valence-corrected chi connectivity index (χ4v) is 0.812. The van der Waals surface area contributed by atoms with Crippen LogP contribution in [-0.2, 0) is 0 Å². The summed E-state index contributed by atoms with van der Waals surface area (Å²) in [6, 6.07) is 1.84. The van der Waals surface area contributed by atoms with Crippen LogP contribution in [0.2, 0.25) is 0 Å². The lowest BCUT2D eigenvalue weighted by molar-refractivity contribution is 0.168. The molecule has 0 fully saturated rings. The first kappa shape index (κ1) is 6.36. The van der Waals surface area contributed by atoms with E-state index in [0.717, 1.165) is 5.56 Å². The Bertz CT molecular complexity index is 189. The second kappa shape index (κ2) is 2.23. The molecule has 0 radical (unpaired) electrons. The Morgan fingerprint density at radius 2 is 2.33 bits per heavy atom. The lowest BCUT2D eigenvalue weighted by Gasteiger charge is -1.98. The van der Waals surface area contributed by atoms with Crippen molar-refractivity contribution in [2.75, 3.05) is 0 Å². The molecule has 1 atom stereocenters. The number of aryl methyl sites for hydroxylation is 1. The first-order chi connectivity index (χ1) is 4.22. The summed E-state index contributed by atoms with van der Waals surface area (Å²) < 4.78 is 4.98. The van der Waals surface area contributed by atoms with Crippen LogP contribution in [0, 0.1) is 6.92 Å². The molecule has 2 nitrogen and oxygen atoms in total. The van der Waals surface area contributed by atoms with Gasteiger partial charge in [0.2, 0.25) is 0 Å². The highest BCUT2D eigenvalue weighted by Gasteiger charge is 2.06. The maximum absolute atomic E-state index is 9.00. The van der Waals surface area contributed by atoms with Gasteiger partial charge in [0.05, 0.1) is 6.26 Å². The Balaban J connectivity index is 2.94. The SMILES string of the molecule is Cc1ccoc1[C@@H](C)O. The van der Waals surface area contributed by atoms with Gasteiger partial charge in [0, 0.05) is 0 Å². The average molecular weight is 126 g/mol. The monoisotopic (exact) mass is 126 g/mol. The van der Waals surface area contributed by atoms with Gasteiger partial charge in [0.1, 0.15) is 11.9 Å². The van der Waals surface area contributed by atoms with Gasteiger partial charge in [-0.2, -0.15) is 0 Å². The first-order valence-electron chi connectivity index (χ1n) is 2.94. The molecule has 1 heterocycles. The minimum absolute atomic E-state index is 0.486. The summed E-state index contributed by atoms with van der Waals surface area (Å²) in [4.78, 5) is 0. The zero-order valence-electron chi connectivity index (χ0n) is 5.59. The molecule has 0 aliphatic carbocycles. The Labute approximate surface area is 54.1 Å². The van der Waals surface area contributed by atoms with Gasteiger partial charge in [0.15, 0.2) is 0 Å². The normalized spacial score (nSPS) is 13.7. The lowest BCUT2D eigenvalue weighted by Crippen LogP contribution is -1.89. The average Bonchev–Trinajstić information content (AvgIpc) is 2.13. The second-order valence-electron chi connectivity index (χ2n) is 2.14. The van der Waals surface area contributed by atoms with Crippen molar-refractivity contribution in [1.29, 1.82) is 0 Å². The molecule has 1 aromatic rings. The summed E-state index contributed by atoms with van der Waals surface area (Å²) in [6.45, 7) is 3.59. The maximum atomic E-state index is 9.00. The highest BCUT2D eigenvalue weighted by molar-refractivity contribution is 5.15. The predicted molar refractivity (Wildman–Crippen MR) is 34.1 cm³/mol. The fraction of sp³-hybridized carbons (Fsp3) is 0.429. The van der Waals surface area contributed by atoms with E-state index in [9.17, 15) is 0 Å². The van der Waals surface area contributed by atoms with Crippen LogP contribution in [0.4, 0.5) is 0 Å². The molecule has 0 bridgehead atoms. The summed E-state index contributed by atoms with van der Waals surface area (Å²) >= 11 is 0. The van der Waals surface area contributed by atoms with Gasteiger partial charge in [-0.3, -0.25) is 0 Å². The molecule has 0 aromatic carbocycles. The lowest BCUT2D eigenvalue weighted by atomic mass is 10.2. The van der Waals surface area contributed by atoms with E-state index in [-0.39, 0.29) is 0 Å². The van der Waals surface area contributed by atoms with Gasteiger partial charge in [-0.15, -0.1) is 0 Å². The Morgan fingerprint density at radius 1 is 1.67 bits per heavy atom. The second-order valence-corrected chi connectivity index (χ2v) is 2.14. The molecule has 1 N–H and O–H groups in total. The number of hydrogen-bond donors (Lipinski definition) is 1. The van der Waals surface area contributed by atoms with E-state index in [2.05, 4.69) is 0 Å². The minimum Gasteiger partial charge on any atom is -0.466 e. The van der Waals surface area contributed by atoms with Gasteiger partial charge in [-0.25, -0.2) is 0 Å². The summed E-state index contributed by atoms with van der Waals surface area (Å²) in [5.74, 6) is 0.662. The van der Waals surface area contributed by atoms with Crippen molar-refractivity contribution in [1.82, 2.24) is 0 Å². The summed E-state index contributed by atoms with van der Waals surface area (Å²) in [5, 5.41) is 9.00. The van der Waals surface area contributed by atoms with Crippen LogP contribution in [0.1, 0.15) is 24.4 Å². The zero-order chi connectivity index (χ0) is 6.85. The van der Waals surface area contributed by atoms with E-state index < -0.39 is 6.10 Å². The fourth-order valence-electron chi connectivity index (χ4n) is 0.812. The third-order valence-electron chi connectivity index (χ3n) is 1.28. The quantitative estimate of drug-likeness (QED) is 0.620. The van der Waals surface area contributed by atoms with Crippen molar-refractivity contribution in [3.63, 3.8) is 0 Å². The van der Waals surface area contributed by atoms with Gasteiger partial charge in [0.25, 0.3) is 0 Å². The molecule has 2 heteroatoms. The molecule has 9 heavy (non-hydrogen) atoms. The Kier molecular flexibility index (Phi) is 1.58. The summed E-state index contributed by atoms with van der Waals surface area (Å²) in [7, 11) is 0. The van der Waals surface area contributed by atoms with Crippen molar-refractivity contribution in [2.45, 2.75) is 20.0 Å². The molecule has 0 unspecified atom stereocenters. The van der Waals surface area contributed by atoms with Gasteiger partial charge in [-0.1, -0.05) is 0 Å². The molecule has 0 saturated carbocycles. The van der Waals surface area contributed by atoms with Gasteiger partial charge < -0.3 is 9.52 Å². The number of rotatable bonds is 1. The van der Waals surface area contributed by atoms with Crippen LogP contribution in [0.15, 0.2) is 16.7 Å². The summed E-state index contributed by atoms with van der Waals surface area (Å²) in [6.07, 6.45) is 1.09. The maximum Gasteiger partial charge on any atom is 0.134 e. The third-order valence-corrected chi connectivity index (χ3v) is 1.28. The molecule has 1 rings (SSSR count). The highest BCUT2D eigenvalue weighted by atomic mass is 16.4. The molecule has 50 valence electrons. The first-order valence-corrected chi connectivity index (χ1v) is 2.94. The standard InChI is InChI=1S/C7H10O2/c1-5-3-4-9-7(5)6(2)8/h3-4,6,8H,1-2H3/t6-/m1/s1. The minimum atomic E-state index is -0.486. The van der Waals surface area contributed by atoms with Crippen molar-refractivity contribution in [2.24, 2.45) is 0 Å². The van der Waals surface area contributed by atoms with Crippen LogP contribution >= 0.6 is 0 Å². The van der Waals surface area contributed by atoms with Crippen LogP contribution in [0.3, 0.4) is 0 Å². The topological polar surface area (TPSA) is 33.4 Å². The van der Waals surface area contributed by atoms with Crippen LogP contribution in [0.25, 0.3) is 0 Å². The number of hydrogen-bond acceptors (Lipinski definition) is 2. The van der Waals surface area contributed by atoms with Crippen LogP contribution in [0.5, 0.6) is 0 Å². The van der Waals surface area contributed by atoms with Crippen molar-refractivity contribution in [3.8, 4) is 0 Å². The van der Waals surface area contributed by atoms with E-state index in [1.165, 1.54) is 0 Å². The Hall–Kier alpha value is -0.760. The van der Waals surface area contributed by atoms with E-state index in [1.807, 2.05) is 13.0 Å². The third kappa shape index (κ3) is 1.13. The van der Waals surface area contributed by atoms with Crippen LogP contribution in [-0.4, -0.2) is 5.11 Å². The van der Waals surface area contributed by atoms with Crippen LogP contribution < -0.4 is 0 Å². The largest absolute Gasteiger partial charge is 0.466 e. The molecule has 1 aromatic heterocycles. The zero-order valence-corrected chi connectivity index (χ0v) is 5.59. The van der Waals surface area contributed by atoms with Crippen molar-refractivity contribution in [3.05, 3.63) is 23.7 Å². The van der Waals surface area contributed by atoms with E-state index in [4.69, 9.17) is 9.52 Å². The van der Waals surface area contributed by atoms with E-state index in [1.54, 1.807) is 13.2 Å². The summed E-state index contributed by atoms with van der Waals surface area (Å²) in [5.41, 5.74) is 1.00. The molecule has 0 saturated heterocycles. The number of aliphatic hydroxyl groups is 1.